The van der Waals surface area contributed by atoms with Gasteiger partial charge in [-0.1, -0.05) is 36.1 Å². The molecule has 0 bridgehead atoms. The molecule has 1 N–H and O–H groups in total. The summed E-state index contributed by atoms with van der Waals surface area (Å²) in [6, 6.07) is 19.4. The first-order valence-electron chi connectivity index (χ1n) is 11.7. The minimum absolute atomic E-state index is 0.210. The summed E-state index contributed by atoms with van der Waals surface area (Å²) in [6.07, 6.45) is 1.75. The SMILES string of the molecule is CCOc1cc(/C=C2\SC(=S)N(c3ccc(OC)cc3)C2=O)ccc1OCC(=O)Nc1cccc(OC)c1. The molecule has 1 heterocycles. The van der Waals surface area contributed by atoms with Crippen LogP contribution in [0, 0.1) is 0 Å². The number of anilines is 2. The summed E-state index contributed by atoms with van der Waals surface area (Å²) in [5.41, 5.74) is 2.00. The van der Waals surface area contributed by atoms with Gasteiger partial charge in [-0.3, -0.25) is 14.5 Å². The van der Waals surface area contributed by atoms with E-state index in [1.807, 2.05) is 6.92 Å². The summed E-state index contributed by atoms with van der Waals surface area (Å²) in [5, 5.41) is 2.77. The summed E-state index contributed by atoms with van der Waals surface area (Å²) in [4.78, 5) is 27.5. The zero-order valence-electron chi connectivity index (χ0n) is 21.1. The van der Waals surface area contributed by atoms with E-state index in [0.29, 0.717) is 50.2 Å². The fourth-order valence-corrected chi connectivity index (χ4v) is 4.92. The number of rotatable bonds is 10. The van der Waals surface area contributed by atoms with Gasteiger partial charge in [0.25, 0.3) is 11.8 Å². The van der Waals surface area contributed by atoms with E-state index in [1.165, 1.54) is 16.7 Å². The largest absolute Gasteiger partial charge is 0.497 e. The fraction of sp³-hybridized carbons (Fsp3) is 0.179. The molecule has 0 aliphatic carbocycles. The number of ether oxygens (including phenoxy) is 4. The number of benzene rings is 3. The number of thioether (sulfide) groups is 1. The van der Waals surface area contributed by atoms with Crippen LogP contribution >= 0.6 is 24.0 Å². The number of nitrogens with one attached hydrogen (secondary N) is 1. The van der Waals surface area contributed by atoms with Gasteiger partial charge in [-0.2, -0.15) is 0 Å². The van der Waals surface area contributed by atoms with E-state index in [1.54, 1.807) is 87.0 Å². The number of hydrogen-bond acceptors (Lipinski definition) is 8. The number of thiocarbonyl (C=S) groups is 1. The standard InChI is InChI=1S/C28H26N2O6S2/c1-4-35-24-14-18(8-13-23(24)36-17-26(31)29-19-6-5-7-22(16-19)34-3)15-25-27(32)30(28(37)38-25)20-9-11-21(33-2)12-10-20/h5-16H,4,17H2,1-3H3,(H,29,31)/b25-15-. The summed E-state index contributed by atoms with van der Waals surface area (Å²) in [5.74, 6) is 1.67. The Bertz CT molecular complexity index is 1370. The van der Waals surface area contributed by atoms with Gasteiger partial charge in [0.1, 0.15) is 11.5 Å². The van der Waals surface area contributed by atoms with Crippen LogP contribution in [0.1, 0.15) is 12.5 Å². The van der Waals surface area contributed by atoms with Crippen molar-refractivity contribution in [1.82, 2.24) is 0 Å². The molecule has 1 fully saturated rings. The number of hydrogen-bond donors (Lipinski definition) is 1. The van der Waals surface area contributed by atoms with Gasteiger partial charge in [-0.25, -0.2) is 0 Å². The lowest BCUT2D eigenvalue weighted by atomic mass is 10.1. The molecule has 0 atom stereocenters. The molecule has 0 aromatic heterocycles. The lowest BCUT2D eigenvalue weighted by Gasteiger charge is -2.15. The van der Waals surface area contributed by atoms with E-state index in [2.05, 4.69) is 5.32 Å². The van der Waals surface area contributed by atoms with E-state index in [9.17, 15) is 9.59 Å². The second-order valence-electron chi connectivity index (χ2n) is 7.92. The highest BCUT2D eigenvalue weighted by atomic mass is 32.2. The predicted octanol–water partition coefficient (Wildman–Crippen LogP) is 5.53. The summed E-state index contributed by atoms with van der Waals surface area (Å²) in [6.45, 7) is 2.04. The summed E-state index contributed by atoms with van der Waals surface area (Å²) < 4.78 is 22.3. The van der Waals surface area contributed by atoms with Crippen LogP contribution in [-0.2, 0) is 9.59 Å². The first-order valence-corrected chi connectivity index (χ1v) is 12.9. The molecule has 0 radical (unpaired) electrons. The lowest BCUT2D eigenvalue weighted by Crippen LogP contribution is -2.27. The van der Waals surface area contributed by atoms with Gasteiger partial charge in [0, 0.05) is 11.8 Å². The molecule has 3 aromatic rings. The number of carbonyl (C=O) groups excluding carboxylic acids is 2. The maximum Gasteiger partial charge on any atom is 0.270 e. The molecule has 0 unspecified atom stereocenters. The molecular formula is C28H26N2O6S2. The van der Waals surface area contributed by atoms with Crippen molar-refractivity contribution in [1.29, 1.82) is 0 Å². The molecule has 0 saturated carbocycles. The average molecular weight is 551 g/mol. The topological polar surface area (TPSA) is 86.3 Å². The zero-order valence-corrected chi connectivity index (χ0v) is 22.7. The Morgan fingerprint density at radius 1 is 0.974 bits per heavy atom. The third-order valence-electron chi connectivity index (χ3n) is 5.40. The van der Waals surface area contributed by atoms with Crippen molar-refractivity contribution in [2.75, 3.05) is 37.7 Å². The molecular weight excluding hydrogens is 524 g/mol. The van der Waals surface area contributed by atoms with Crippen molar-refractivity contribution in [2.24, 2.45) is 0 Å². The molecule has 38 heavy (non-hydrogen) atoms. The van der Waals surface area contributed by atoms with E-state index in [0.717, 1.165) is 5.56 Å². The lowest BCUT2D eigenvalue weighted by molar-refractivity contribution is -0.118. The average Bonchev–Trinajstić information content (AvgIpc) is 3.20. The molecule has 4 rings (SSSR count). The van der Waals surface area contributed by atoms with Gasteiger partial charge in [0.2, 0.25) is 0 Å². The van der Waals surface area contributed by atoms with E-state index >= 15 is 0 Å². The van der Waals surface area contributed by atoms with Crippen LogP contribution in [0.15, 0.2) is 71.6 Å². The van der Waals surface area contributed by atoms with E-state index in [4.69, 9.17) is 31.2 Å². The van der Waals surface area contributed by atoms with Crippen LogP contribution in [0.25, 0.3) is 6.08 Å². The predicted molar refractivity (Wildman–Crippen MR) is 153 cm³/mol. The second-order valence-corrected chi connectivity index (χ2v) is 9.60. The third kappa shape index (κ3) is 6.45. The minimum atomic E-state index is -0.327. The van der Waals surface area contributed by atoms with Crippen molar-refractivity contribution >= 4 is 57.6 Å². The van der Waals surface area contributed by atoms with Crippen molar-refractivity contribution in [3.05, 3.63) is 77.2 Å². The Balaban J connectivity index is 1.46. The van der Waals surface area contributed by atoms with Crippen LogP contribution in [0.2, 0.25) is 0 Å². The van der Waals surface area contributed by atoms with E-state index < -0.39 is 0 Å². The highest BCUT2D eigenvalue weighted by Crippen LogP contribution is 2.37. The summed E-state index contributed by atoms with van der Waals surface area (Å²) >= 11 is 6.69. The highest BCUT2D eigenvalue weighted by molar-refractivity contribution is 8.27. The molecule has 196 valence electrons. The Morgan fingerprint density at radius 3 is 2.45 bits per heavy atom. The number of amides is 2. The monoisotopic (exact) mass is 550 g/mol. The van der Waals surface area contributed by atoms with Crippen LogP contribution in [0.5, 0.6) is 23.0 Å². The van der Waals surface area contributed by atoms with E-state index in [-0.39, 0.29) is 18.4 Å². The van der Waals surface area contributed by atoms with Crippen molar-refractivity contribution in [3.63, 3.8) is 0 Å². The Labute approximate surface area is 230 Å². The maximum atomic E-state index is 13.1. The van der Waals surface area contributed by atoms with Crippen molar-refractivity contribution < 1.29 is 28.5 Å². The quantitative estimate of drug-likeness (QED) is 0.261. The number of carbonyl (C=O) groups is 2. The van der Waals surface area contributed by atoms with Crippen LogP contribution < -0.4 is 29.2 Å². The summed E-state index contributed by atoms with van der Waals surface area (Å²) in [7, 11) is 3.15. The highest BCUT2D eigenvalue weighted by Gasteiger charge is 2.33. The Morgan fingerprint density at radius 2 is 1.74 bits per heavy atom. The Hall–Kier alpha value is -4.02. The van der Waals surface area contributed by atoms with Crippen LogP contribution in [0.4, 0.5) is 11.4 Å². The zero-order chi connectivity index (χ0) is 27.1. The molecule has 1 aliphatic heterocycles. The normalized spacial score (nSPS) is 14.0. The molecule has 0 spiro atoms. The maximum absolute atomic E-state index is 13.1. The van der Waals surface area contributed by atoms with Gasteiger partial charge >= 0.3 is 0 Å². The van der Waals surface area contributed by atoms with Crippen LogP contribution in [-0.4, -0.2) is 43.6 Å². The molecule has 1 aliphatic rings. The number of methoxy groups -OCH3 is 2. The minimum Gasteiger partial charge on any atom is -0.497 e. The fourth-order valence-electron chi connectivity index (χ4n) is 3.62. The molecule has 3 aromatic carbocycles. The van der Waals surface area contributed by atoms with Gasteiger partial charge in [-0.15, -0.1) is 0 Å². The first kappa shape index (κ1) is 27.0. The third-order valence-corrected chi connectivity index (χ3v) is 6.70. The van der Waals surface area contributed by atoms with Gasteiger partial charge < -0.3 is 24.3 Å². The van der Waals surface area contributed by atoms with Gasteiger partial charge in [0.05, 0.1) is 31.4 Å². The Kier molecular flexibility index (Phi) is 8.88. The molecule has 8 nitrogen and oxygen atoms in total. The smallest absolute Gasteiger partial charge is 0.270 e. The van der Waals surface area contributed by atoms with Crippen LogP contribution in [0.3, 0.4) is 0 Å². The van der Waals surface area contributed by atoms with Crippen molar-refractivity contribution in [3.8, 4) is 23.0 Å². The second kappa shape index (κ2) is 12.5. The molecule has 10 heteroatoms. The van der Waals surface area contributed by atoms with Gasteiger partial charge in [0.15, 0.2) is 22.4 Å². The molecule has 1 saturated heterocycles. The number of nitrogens with zero attached hydrogens (tertiary/aromatic N) is 1. The molecule has 2 amide bonds. The first-order chi connectivity index (χ1) is 18.4. The van der Waals surface area contributed by atoms with Crippen molar-refractivity contribution in [2.45, 2.75) is 6.92 Å². The van der Waals surface area contributed by atoms with Gasteiger partial charge in [-0.05, 0) is 67.1 Å².